The van der Waals surface area contributed by atoms with Crippen LogP contribution in [0.3, 0.4) is 0 Å². The number of hydrogen-bond acceptors (Lipinski definition) is 8. The third kappa shape index (κ3) is 4.22. The first-order valence-corrected chi connectivity index (χ1v) is 8.38. The van der Waals surface area contributed by atoms with E-state index in [1.807, 2.05) is 11.9 Å². The Balaban J connectivity index is 2.23. The van der Waals surface area contributed by atoms with Gasteiger partial charge in [-0.3, -0.25) is 19.1 Å². The minimum absolute atomic E-state index is 0.0777. The summed E-state index contributed by atoms with van der Waals surface area (Å²) in [6, 6.07) is 4.44. The molecule has 0 amide bonds. The van der Waals surface area contributed by atoms with Gasteiger partial charge in [0.2, 0.25) is 5.78 Å². The van der Waals surface area contributed by atoms with Crippen molar-refractivity contribution < 1.29 is 23.8 Å². The first kappa shape index (κ1) is 20.7. The quantitative estimate of drug-likeness (QED) is 0.491. The zero-order chi connectivity index (χ0) is 20.8. The SMILES string of the molecule is CCCn1c(N)c(C(=O)COC(=O)c2ccc(OC)cc2OC)c(=O)[nH]c1=O. The van der Waals surface area contributed by atoms with Crippen molar-refractivity contribution in [3.63, 3.8) is 0 Å². The summed E-state index contributed by atoms with van der Waals surface area (Å²) in [4.78, 5) is 50.5. The number of H-pyrrole nitrogens is 1. The zero-order valence-electron chi connectivity index (χ0n) is 15.7. The average molecular weight is 391 g/mol. The van der Waals surface area contributed by atoms with Crippen LogP contribution in [0, 0.1) is 0 Å². The Morgan fingerprint density at radius 3 is 2.50 bits per heavy atom. The van der Waals surface area contributed by atoms with Crippen molar-refractivity contribution in [3.05, 3.63) is 50.2 Å². The number of Topliss-reactive ketones (excluding diaryl/α,β-unsaturated/α-hetero) is 1. The lowest BCUT2D eigenvalue weighted by molar-refractivity contribution is 0.0471. The molecule has 0 aliphatic heterocycles. The fraction of sp³-hybridized carbons (Fsp3) is 0.333. The first-order valence-electron chi connectivity index (χ1n) is 8.38. The molecule has 0 radical (unpaired) electrons. The highest BCUT2D eigenvalue weighted by atomic mass is 16.5. The fourth-order valence-corrected chi connectivity index (χ4v) is 2.55. The van der Waals surface area contributed by atoms with E-state index in [0.717, 1.165) is 4.57 Å². The molecule has 1 aromatic carbocycles. The Kier molecular flexibility index (Phi) is 6.59. The second-order valence-electron chi connectivity index (χ2n) is 5.74. The van der Waals surface area contributed by atoms with Gasteiger partial charge in [-0.2, -0.15) is 0 Å². The van der Waals surface area contributed by atoms with E-state index in [4.69, 9.17) is 19.9 Å². The van der Waals surface area contributed by atoms with Crippen LogP contribution in [0.1, 0.15) is 34.1 Å². The van der Waals surface area contributed by atoms with Gasteiger partial charge in [0.1, 0.15) is 28.4 Å². The van der Waals surface area contributed by atoms with Gasteiger partial charge in [-0.05, 0) is 18.6 Å². The number of aromatic nitrogens is 2. The Labute approximate surface area is 159 Å². The van der Waals surface area contributed by atoms with E-state index in [9.17, 15) is 19.2 Å². The molecule has 0 fully saturated rings. The van der Waals surface area contributed by atoms with Gasteiger partial charge in [0.25, 0.3) is 5.56 Å². The molecule has 0 saturated heterocycles. The molecule has 0 bridgehead atoms. The molecule has 0 spiro atoms. The van der Waals surface area contributed by atoms with Crippen molar-refractivity contribution in [1.82, 2.24) is 9.55 Å². The van der Waals surface area contributed by atoms with Crippen molar-refractivity contribution in [2.45, 2.75) is 19.9 Å². The number of rotatable bonds is 8. The fourth-order valence-electron chi connectivity index (χ4n) is 2.55. The van der Waals surface area contributed by atoms with Crippen LogP contribution in [0.5, 0.6) is 11.5 Å². The summed E-state index contributed by atoms with van der Waals surface area (Å²) in [6.45, 7) is 1.30. The molecule has 0 saturated carbocycles. The van der Waals surface area contributed by atoms with Crippen LogP contribution in [0.15, 0.2) is 27.8 Å². The maximum atomic E-state index is 12.4. The van der Waals surface area contributed by atoms with Gasteiger partial charge in [-0.1, -0.05) is 6.92 Å². The van der Waals surface area contributed by atoms with Crippen LogP contribution in [-0.2, 0) is 11.3 Å². The van der Waals surface area contributed by atoms with E-state index in [0.29, 0.717) is 12.2 Å². The number of carbonyl (C=O) groups is 2. The van der Waals surface area contributed by atoms with Crippen LogP contribution in [0.25, 0.3) is 0 Å². The molecule has 1 heterocycles. The molecule has 0 unspecified atom stereocenters. The van der Waals surface area contributed by atoms with Crippen molar-refractivity contribution in [2.75, 3.05) is 26.6 Å². The smallest absolute Gasteiger partial charge is 0.342 e. The lowest BCUT2D eigenvalue weighted by Crippen LogP contribution is -2.37. The second kappa shape index (κ2) is 8.89. The normalized spacial score (nSPS) is 10.4. The van der Waals surface area contributed by atoms with E-state index in [2.05, 4.69) is 0 Å². The molecule has 28 heavy (non-hydrogen) atoms. The molecule has 0 aliphatic carbocycles. The Morgan fingerprint density at radius 2 is 1.89 bits per heavy atom. The number of ether oxygens (including phenoxy) is 3. The van der Waals surface area contributed by atoms with Crippen molar-refractivity contribution in [3.8, 4) is 11.5 Å². The van der Waals surface area contributed by atoms with Gasteiger partial charge in [-0.25, -0.2) is 9.59 Å². The number of anilines is 1. The first-order chi connectivity index (χ1) is 13.3. The summed E-state index contributed by atoms with van der Waals surface area (Å²) in [5, 5.41) is 0. The third-order valence-corrected chi connectivity index (χ3v) is 3.93. The van der Waals surface area contributed by atoms with Crippen LogP contribution in [0.2, 0.25) is 0 Å². The van der Waals surface area contributed by atoms with E-state index in [1.54, 1.807) is 0 Å². The second-order valence-corrected chi connectivity index (χ2v) is 5.74. The molecule has 10 heteroatoms. The molecule has 1 aromatic heterocycles. The molecule has 2 aromatic rings. The lowest BCUT2D eigenvalue weighted by atomic mass is 10.2. The monoisotopic (exact) mass is 391 g/mol. The van der Waals surface area contributed by atoms with Crippen molar-refractivity contribution >= 4 is 17.6 Å². The number of carbonyl (C=O) groups excluding carboxylic acids is 2. The number of hydrogen-bond donors (Lipinski definition) is 2. The maximum absolute atomic E-state index is 12.4. The number of nitrogens with zero attached hydrogens (tertiary/aromatic N) is 1. The van der Waals surface area contributed by atoms with Gasteiger partial charge in [0.05, 0.1) is 14.2 Å². The average Bonchev–Trinajstić information content (AvgIpc) is 2.68. The van der Waals surface area contributed by atoms with Crippen LogP contribution < -0.4 is 26.5 Å². The van der Waals surface area contributed by atoms with E-state index in [-0.39, 0.29) is 23.7 Å². The lowest BCUT2D eigenvalue weighted by Gasteiger charge is -2.12. The van der Waals surface area contributed by atoms with Crippen molar-refractivity contribution in [2.24, 2.45) is 0 Å². The molecule has 10 nitrogen and oxygen atoms in total. The summed E-state index contributed by atoms with van der Waals surface area (Å²) in [5.41, 5.74) is 3.82. The predicted octanol–water partition coefficient (Wildman–Crippen LogP) is 0.586. The largest absolute Gasteiger partial charge is 0.497 e. The van der Waals surface area contributed by atoms with Gasteiger partial charge >= 0.3 is 11.7 Å². The molecule has 150 valence electrons. The highest BCUT2D eigenvalue weighted by Crippen LogP contribution is 2.25. The van der Waals surface area contributed by atoms with Crippen LogP contribution in [0.4, 0.5) is 5.82 Å². The number of ketones is 1. The van der Waals surface area contributed by atoms with Gasteiger partial charge in [0.15, 0.2) is 6.61 Å². The number of nitrogens with two attached hydrogens (primary N) is 1. The van der Waals surface area contributed by atoms with Crippen LogP contribution in [-0.4, -0.2) is 42.1 Å². The Bertz CT molecular complexity index is 1010. The minimum atomic E-state index is -0.932. The van der Waals surface area contributed by atoms with Crippen molar-refractivity contribution in [1.29, 1.82) is 0 Å². The number of benzene rings is 1. The summed E-state index contributed by atoms with van der Waals surface area (Å²) < 4.78 is 16.2. The minimum Gasteiger partial charge on any atom is -0.497 e. The number of aromatic amines is 1. The highest BCUT2D eigenvalue weighted by molar-refractivity contribution is 6.02. The van der Waals surface area contributed by atoms with E-state index < -0.39 is 35.2 Å². The molecule has 0 atom stereocenters. The highest BCUT2D eigenvalue weighted by Gasteiger charge is 2.22. The van der Waals surface area contributed by atoms with Gasteiger partial charge < -0.3 is 19.9 Å². The summed E-state index contributed by atoms with van der Waals surface area (Å²) in [7, 11) is 2.83. The zero-order valence-corrected chi connectivity index (χ0v) is 15.7. The predicted molar refractivity (Wildman–Crippen MR) is 100 cm³/mol. The molecule has 3 N–H and O–H groups in total. The molecular formula is C18H21N3O7. The third-order valence-electron chi connectivity index (χ3n) is 3.93. The molecular weight excluding hydrogens is 370 g/mol. The van der Waals surface area contributed by atoms with E-state index >= 15 is 0 Å². The van der Waals surface area contributed by atoms with Gasteiger partial charge in [-0.15, -0.1) is 0 Å². The van der Waals surface area contributed by atoms with Crippen LogP contribution >= 0.6 is 0 Å². The molecule has 2 rings (SSSR count). The standard InChI is InChI=1S/C18H21N3O7/c1-4-7-21-15(19)14(16(23)20-18(21)25)12(22)9-28-17(24)11-6-5-10(26-2)8-13(11)27-3/h5-6,8H,4,7,9,19H2,1-3H3,(H,20,23,25). The maximum Gasteiger partial charge on any atom is 0.342 e. The number of nitrogen functional groups attached to an aromatic ring is 1. The summed E-state index contributed by atoms with van der Waals surface area (Å²) in [5.74, 6) is -1.25. The molecule has 0 aliphatic rings. The number of esters is 1. The Morgan fingerprint density at radius 1 is 1.18 bits per heavy atom. The summed E-state index contributed by atoms with van der Waals surface area (Å²) >= 11 is 0. The number of nitrogens with one attached hydrogen (secondary N) is 1. The van der Waals surface area contributed by atoms with E-state index in [1.165, 1.54) is 32.4 Å². The number of methoxy groups -OCH3 is 2. The Hall–Kier alpha value is -3.56. The summed E-state index contributed by atoms with van der Waals surface area (Å²) in [6.07, 6.45) is 0.566. The topological polar surface area (TPSA) is 143 Å². The van der Waals surface area contributed by atoms with Gasteiger partial charge in [0, 0.05) is 12.6 Å².